The van der Waals surface area contributed by atoms with Crippen LogP contribution < -0.4 is 16.4 Å². The summed E-state index contributed by atoms with van der Waals surface area (Å²) >= 11 is 0. The molecule has 11 heteroatoms. The van der Waals surface area contributed by atoms with Gasteiger partial charge in [-0.1, -0.05) is 38.5 Å². The Bertz CT molecular complexity index is 1100. The number of hydrogen-bond donors (Lipinski definition) is 6. The van der Waals surface area contributed by atoms with Gasteiger partial charge in [0.1, 0.15) is 24.2 Å². The molecule has 2 aromatic rings. The fraction of sp³-hybridized carbons (Fsp3) is 0.520. The number of rotatable bonds is 11. The molecular weight excluding hydrogens is 466 g/mol. The highest BCUT2D eigenvalue weighted by Gasteiger charge is 2.38. The maximum atomic E-state index is 13.2. The van der Waals surface area contributed by atoms with Crippen LogP contribution >= 0.6 is 0 Å². The van der Waals surface area contributed by atoms with Crippen molar-refractivity contribution in [3.05, 3.63) is 36.0 Å². The molecule has 0 spiro atoms. The van der Waals surface area contributed by atoms with Gasteiger partial charge in [-0.25, -0.2) is 4.79 Å². The third-order valence-corrected chi connectivity index (χ3v) is 6.86. The number of aliphatic hydroxyl groups excluding tert-OH is 1. The Kier molecular flexibility index (Phi) is 9.05. The summed E-state index contributed by atoms with van der Waals surface area (Å²) in [5.74, 6) is -3.11. The van der Waals surface area contributed by atoms with Crippen molar-refractivity contribution < 1.29 is 29.4 Å². The SMILES string of the molecule is CCC(C)C(NC(=O)C1CCCN1C(=O)C(N)CO)C(=O)NC(Cc1c[nH]c2ccccc12)C(=O)O. The second kappa shape index (κ2) is 12.0. The Balaban J connectivity index is 1.73. The van der Waals surface area contributed by atoms with Crippen molar-refractivity contribution in [2.45, 2.75) is 63.7 Å². The lowest BCUT2D eigenvalue weighted by molar-refractivity contribution is -0.143. The lowest BCUT2D eigenvalue weighted by Crippen LogP contribution is -2.58. The first kappa shape index (κ1) is 27.2. The molecule has 1 fully saturated rings. The Morgan fingerprint density at radius 2 is 1.94 bits per heavy atom. The minimum atomic E-state index is -1.20. The van der Waals surface area contributed by atoms with Gasteiger partial charge in [0.25, 0.3) is 0 Å². The number of aliphatic carboxylic acids is 1. The maximum absolute atomic E-state index is 13.2. The van der Waals surface area contributed by atoms with Gasteiger partial charge >= 0.3 is 5.97 Å². The molecule has 5 unspecified atom stereocenters. The van der Waals surface area contributed by atoms with Crippen molar-refractivity contribution >= 4 is 34.6 Å². The van der Waals surface area contributed by atoms with E-state index in [-0.39, 0.29) is 12.3 Å². The number of hydrogen-bond acceptors (Lipinski definition) is 6. The van der Waals surface area contributed by atoms with Gasteiger partial charge in [0.2, 0.25) is 17.7 Å². The van der Waals surface area contributed by atoms with Crippen molar-refractivity contribution in [3.63, 3.8) is 0 Å². The van der Waals surface area contributed by atoms with Gasteiger partial charge in [-0.2, -0.15) is 0 Å². The Morgan fingerprint density at radius 1 is 1.22 bits per heavy atom. The van der Waals surface area contributed by atoms with E-state index in [1.807, 2.05) is 31.2 Å². The number of carbonyl (C=O) groups excluding carboxylic acids is 3. The Labute approximate surface area is 209 Å². The standard InChI is InChI=1S/C25H35N5O6/c1-3-14(2)21(29-22(32)20-9-6-10-30(20)24(34)17(26)13-31)23(33)28-19(25(35)36)11-15-12-27-18-8-5-4-7-16(15)18/h4-5,7-8,12,14,17,19-21,27,31H,3,6,9-11,13,26H2,1-2H3,(H,28,33)(H,29,32)(H,35,36). The summed E-state index contributed by atoms with van der Waals surface area (Å²) in [6.45, 7) is 3.45. The quantitative estimate of drug-likeness (QED) is 0.253. The molecule has 196 valence electrons. The van der Waals surface area contributed by atoms with E-state index in [1.54, 1.807) is 13.1 Å². The van der Waals surface area contributed by atoms with E-state index in [4.69, 9.17) is 5.73 Å². The Morgan fingerprint density at radius 3 is 2.61 bits per heavy atom. The molecular formula is C25H35N5O6. The average Bonchev–Trinajstić information content (AvgIpc) is 3.53. The van der Waals surface area contributed by atoms with E-state index in [2.05, 4.69) is 15.6 Å². The average molecular weight is 502 g/mol. The van der Waals surface area contributed by atoms with Crippen LogP contribution in [0.2, 0.25) is 0 Å². The van der Waals surface area contributed by atoms with Gasteiger partial charge < -0.3 is 36.5 Å². The molecule has 0 bridgehead atoms. The van der Waals surface area contributed by atoms with Crippen molar-refractivity contribution in [1.29, 1.82) is 0 Å². The van der Waals surface area contributed by atoms with Gasteiger partial charge in [0.15, 0.2) is 0 Å². The van der Waals surface area contributed by atoms with Crippen LogP contribution in [0.1, 0.15) is 38.7 Å². The van der Waals surface area contributed by atoms with E-state index in [1.165, 1.54) is 4.90 Å². The molecule has 1 aromatic carbocycles. The molecule has 1 aliphatic rings. The number of para-hydroxylation sites is 1. The summed E-state index contributed by atoms with van der Waals surface area (Å²) in [6.07, 6.45) is 3.34. The van der Waals surface area contributed by atoms with Crippen molar-refractivity contribution in [2.75, 3.05) is 13.2 Å². The van der Waals surface area contributed by atoms with Gasteiger partial charge in [0, 0.05) is 30.1 Å². The third kappa shape index (κ3) is 6.03. The molecule has 2 heterocycles. The van der Waals surface area contributed by atoms with Gasteiger partial charge in [-0.3, -0.25) is 14.4 Å². The van der Waals surface area contributed by atoms with E-state index in [9.17, 15) is 29.4 Å². The first-order valence-corrected chi connectivity index (χ1v) is 12.2. The summed E-state index contributed by atoms with van der Waals surface area (Å²) in [6, 6.07) is 3.36. The van der Waals surface area contributed by atoms with E-state index < -0.39 is 54.5 Å². The predicted molar refractivity (Wildman–Crippen MR) is 133 cm³/mol. The zero-order chi connectivity index (χ0) is 26.4. The zero-order valence-electron chi connectivity index (χ0n) is 20.6. The van der Waals surface area contributed by atoms with Crippen LogP contribution in [0.4, 0.5) is 0 Å². The number of nitrogens with two attached hydrogens (primary N) is 1. The first-order chi connectivity index (χ1) is 17.2. The first-order valence-electron chi connectivity index (χ1n) is 12.2. The number of carboxylic acid groups (broad SMARTS) is 1. The summed E-state index contributed by atoms with van der Waals surface area (Å²) in [5, 5.41) is 25.2. The number of amides is 3. The fourth-order valence-electron chi connectivity index (χ4n) is 4.53. The molecule has 36 heavy (non-hydrogen) atoms. The van der Waals surface area contributed by atoms with Crippen LogP contribution in [0, 0.1) is 5.92 Å². The topological polar surface area (TPSA) is 178 Å². The highest BCUT2D eigenvalue weighted by atomic mass is 16.4. The second-order valence-electron chi connectivity index (χ2n) is 9.31. The van der Waals surface area contributed by atoms with Gasteiger partial charge in [0.05, 0.1) is 6.61 Å². The normalized spacial score (nSPS) is 18.9. The molecule has 3 amide bonds. The molecule has 0 saturated carbocycles. The van der Waals surface area contributed by atoms with Crippen molar-refractivity contribution in [2.24, 2.45) is 11.7 Å². The molecule has 1 aromatic heterocycles. The van der Waals surface area contributed by atoms with Crippen LogP contribution in [0.3, 0.4) is 0 Å². The number of fused-ring (bicyclic) bond motifs is 1. The second-order valence-corrected chi connectivity index (χ2v) is 9.31. The molecule has 3 rings (SSSR count). The number of nitrogens with zero attached hydrogens (tertiary/aromatic N) is 1. The number of likely N-dealkylation sites (tertiary alicyclic amines) is 1. The number of aromatic amines is 1. The minimum Gasteiger partial charge on any atom is -0.480 e. The van der Waals surface area contributed by atoms with E-state index in [0.717, 1.165) is 16.5 Å². The summed E-state index contributed by atoms with van der Waals surface area (Å²) in [7, 11) is 0. The molecule has 0 radical (unpaired) electrons. The number of benzene rings is 1. The van der Waals surface area contributed by atoms with Crippen LogP contribution in [0.5, 0.6) is 0 Å². The number of carboxylic acids is 1. The largest absolute Gasteiger partial charge is 0.480 e. The van der Waals surface area contributed by atoms with E-state index >= 15 is 0 Å². The zero-order valence-corrected chi connectivity index (χ0v) is 20.6. The summed E-state index contributed by atoms with van der Waals surface area (Å²) in [4.78, 5) is 55.3. The monoisotopic (exact) mass is 501 g/mol. The number of carbonyl (C=O) groups is 4. The lowest BCUT2D eigenvalue weighted by Gasteiger charge is -2.30. The predicted octanol–water partition coefficient (Wildman–Crippen LogP) is 0.121. The van der Waals surface area contributed by atoms with Gasteiger partial charge in [-0.15, -0.1) is 0 Å². The number of aromatic nitrogens is 1. The van der Waals surface area contributed by atoms with Crippen molar-refractivity contribution in [3.8, 4) is 0 Å². The van der Waals surface area contributed by atoms with Crippen LogP contribution in [0.25, 0.3) is 10.9 Å². The molecule has 1 saturated heterocycles. The summed E-state index contributed by atoms with van der Waals surface area (Å²) in [5.41, 5.74) is 7.27. The molecule has 7 N–H and O–H groups in total. The Hall–Kier alpha value is -3.44. The molecule has 5 atom stereocenters. The van der Waals surface area contributed by atoms with Gasteiger partial charge in [-0.05, 0) is 30.4 Å². The molecule has 11 nitrogen and oxygen atoms in total. The highest BCUT2D eigenvalue weighted by Crippen LogP contribution is 2.21. The maximum Gasteiger partial charge on any atom is 0.326 e. The van der Waals surface area contributed by atoms with Crippen LogP contribution in [-0.4, -0.2) is 81.1 Å². The lowest BCUT2D eigenvalue weighted by atomic mass is 9.96. The highest BCUT2D eigenvalue weighted by molar-refractivity contribution is 5.95. The minimum absolute atomic E-state index is 0.0657. The number of aliphatic hydroxyl groups is 1. The van der Waals surface area contributed by atoms with E-state index in [0.29, 0.717) is 25.8 Å². The smallest absolute Gasteiger partial charge is 0.326 e. The number of nitrogens with one attached hydrogen (secondary N) is 3. The fourth-order valence-corrected chi connectivity index (χ4v) is 4.53. The molecule has 1 aliphatic heterocycles. The van der Waals surface area contributed by atoms with Crippen LogP contribution in [-0.2, 0) is 25.6 Å². The number of H-pyrrole nitrogens is 1. The summed E-state index contributed by atoms with van der Waals surface area (Å²) < 4.78 is 0. The van der Waals surface area contributed by atoms with Crippen LogP contribution in [0.15, 0.2) is 30.5 Å². The van der Waals surface area contributed by atoms with Crippen molar-refractivity contribution in [1.82, 2.24) is 20.5 Å². The molecule has 0 aliphatic carbocycles. The third-order valence-electron chi connectivity index (χ3n) is 6.86.